The van der Waals surface area contributed by atoms with Crippen molar-refractivity contribution in [3.63, 3.8) is 0 Å². The summed E-state index contributed by atoms with van der Waals surface area (Å²) in [5, 5.41) is 2.86. The third-order valence-electron chi connectivity index (χ3n) is 3.20. The maximum atomic E-state index is 12.5. The normalized spacial score (nSPS) is 12.1. The summed E-state index contributed by atoms with van der Waals surface area (Å²) in [6.07, 6.45) is 3.26. The van der Waals surface area contributed by atoms with Crippen molar-refractivity contribution >= 4 is 17.3 Å². The summed E-state index contributed by atoms with van der Waals surface area (Å²) >= 11 is 0. The van der Waals surface area contributed by atoms with E-state index in [1.165, 1.54) is 12.1 Å². The lowest BCUT2D eigenvalue weighted by molar-refractivity contribution is -0.120. The molecular formula is C16H19N3O2. The number of anilines is 2. The lowest BCUT2D eigenvalue weighted by atomic mass is 10.0. The predicted molar refractivity (Wildman–Crippen MR) is 84.1 cm³/mol. The van der Waals surface area contributed by atoms with Crippen LogP contribution >= 0.6 is 0 Å². The molecule has 0 spiro atoms. The minimum atomic E-state index is -0.396. The molecule has 0 aliphatic carbocycles. The van der Waals surface area contributed by atoms with Crippen LogP contribution in [-0.2, 0) is 4.79 Å². The van der Waals surface area contributed by atoms with Crippen LogP contribution in [-0.4, -0.2) is 10.5 Å². The molecule has 1 aromatic heterocycles. The van der Waals surface area contributed by atoms with Gasteiger partial charge in [-0.05, 0) is 24.1 Å². The van der Waals surface area contributed by atoms with Gasteiger partial charge in [0.2, 0.25) is 5.91 Å². The Balaban J connectivity index is 2.24. The maximum Gasteiger partial charge on any atom is 0.247 e. The second kappa shape index (κ2) is 6.26. The van der Waals surface area contributed by atoms with Crippen LogP contribution < -0.4 is 16.5 Å². The summed E-state index contributed by atoms with van der Waals surface area (Å²) in [6, 6.07) is 9.54. The second-order valence-corrected chi connectivity index (χ2v) is 5.28. The Morgan fingerprint density at radius 2 is 1.86 bits per heavy atom. The highest BCUT2D eigenvalue weighted by Crippen LogP contribution is 2.20. The third-order valence-corrected chi connectivity index (χ3v) is 3.20. The summed E-state index contributed by atoms with van der Waals surface area (Å²) in [5.74, 6) is -0.0622. The fourth-order valence-electron chi connectivity index (χ4n) is 2.22. The van der Waals surface area contributed by atoms with E-state index in [4.69, 9.17) is 5.73 Å². The van der Waals surface area contributed by atoms with E-state index in [1.54, 1.807) is 41.2 Å². The predicted octanol–water partition coefficient (Wildman–Crippen LogP) is 2.27. The molecule has 2 rings (SSSR count). The van der Waals surface area contributed by atoms with Crippen LogP contribution in [0.2, 0.25) is 0 Å². The number of carbonyl (C=O) groups excluding carboxylic acids is 1. The molecule has 0 fully saturated rings. The molecule has 2 aromatic rings. The smallest absolute Gasteiger partial charge is 0.247 e. The Morgan fingerprint density at radius 1 is 1.19 bits per heavy atom. The molecule has 1 unspecified atom stereocenters. The van der Waals surface area contributed by atoms with Gasteiger partial charge < -0.3 is 15.6 Å². The molecule has 1 heterocycles. The van der Waals surface area contributed by atoms with Crippen molar-refractivity contribution in [2.75, 3.05) is 11.1 Å². The van der Waals surface area contributed by atoms with Gasteiger partial charge in [0.1, 0.15) is 6.04 Å². The average Bonchev–Trinajstić information content (AvgIpc) is 2.41. The largest absolute Gasteiger partial charge is 0.399 e. The number of hydrogen-bond acceptors (Lipinski definition) is 3. The lowest BCUT2D eigenvalue weighted by Gasteiger charge is -2.23. The van der Waals surface area contributed by atoms with Gasteiger partial charge in [-0.1, -0.05) is 19.9 Å². The van der Waals surface area contributed by atoms with Gasteiger partial charge in [0.25, 0.3) is 0 Å². The minimum Gasteiger partial charge on any atom is -0.399 e. The molecule has 0 aliphatic rings. The summed E-state index contributed by atoms with van der Waals surface area (Å²) in [5.41, 5.74) is 6.88. The lowest BCUT2D eigenvalue weighted by Crippen LogP contribution is -2.30. The summed E-state index contributed by atoms with van der Waals surface area (Å²) < 4.78 is 1.74. The van der Waals surface area contributed by atoms with E-state index in [0.29, 0.717) is 11.4 Å². The molecule has 1 aromatic carbocycles. The number of nitrogens with zero attached hydrogens (tertiary/aromatic N) is 1. The Kier molecular flexibility index (Phi) is 4.42. The first-order valence-corrected chi connectivity index (χ1v) is 6.81. The Bertz CT molecular complexity index is 671. The highest BCUT2D eigenvalue weighted by molar-refractivity contribution is 5.94. The van der Waals surface area contributed by atoms with Gasteiger partial charge in [0, 0.05) is 35.9 Å². The number of nitrogens with one attached hydrogen (secondary N) is 1. The number of hydrogen-bond donors (Lipinski definition) is 2. The molecule has 0 saturated heterocycles. The monoisotopic (exact) mass is 285 g/mol. The van der Waals surface area contributed by atoms with Crippen LogP contribution in [0, 0.1) is 5.92 Å². The summed E-state index contributed by atoms with van der Waals surface area (Å²) in [4.78, 5) is 23.7. The Labute approximate surface area is 123 Å². The zero-order valence-corrected chi connectivity index (χ0v) is 12.1. The van der Waals surface area contributed by atoms with Crippen molar-refractivity contribution in [2.45, 2.75) is 19.9 Å². The number of carbonyl (C=O) groups is 1. The van der Waals surface area contributed by atoms with E-state index in [1.807, 2.05) is 13.8 Å². The van der Waals surface area contributed by atoms with E-state index in [-0.39, 0.29) is 17.3 Å². The number of rotatable bonds is 4. The third kappa shape index (κ3) is 3.72. The van der Waals surface area contributed by atoms with E-state index < -0.39 is 6.04 Å². The molecule has 0 bridgehead atoms. The van der Waals surface area contributed by atoms with Crippen LogP contribution in [0.5, 0.6) is 0 Å². The zero-order valence-electron chi connectivity index (χ0n) is 12.1. The fourth-order valence-corrected chi connectivity index (χ4v) is 2.22. The first kappa shape index (κ1) is 14.8. The SMILES string of the molecule is CC(C)C(C(=O)Nc1cccc(N)c1)n1ccc(=O)cc1. The van der Waals surface area contributed by atoms with Crippen LogP contribution in [0.4, 0.5) is 11.4 Å². The zero-order chi connectivity index (χ0) is 15.4. The molecule has 5 heteroatoms. The van der Waals surface area contributed by atoms with Crippen LogP contribution in [0.25, 0.3) is 0 Å². The summed E-state index contributed by atoms with van der Waals surface area (Å²) in [6.45, 7) is 3.92. The van der Waals surface area contributed by atoms with Gasteiger partial charge in [-0.25, -0.2) is 0 Å². The van der Waals surface area contributed by atoms with Crippen LogP contribution in [0.15, 0.2) is 53.6 Å². The highest BCUT2D eigenvalue weighted by Gasteiger charge is 2.23. The molecule has 0 aliphatic heterocycles. The van der Waals surface area contributed by atoms with Gasteiger partial charge in [-0.2, -0.15) is 0 Å². The van der Waals surface area contributed by atoms with Gasteiger partial charge in [0.05, 0.1) is 0 Å². The molecule has 0 radical (unpaired) electrons. The molecular weight excluding hydrogens is 266 g/mol. The maximum absolute atomic E-state index is 12.5. The van der Waals surface area contributed by atoms with E-state index in [9.17, 15) is 9.59 Å². The quantitative estimate of drug-likeness (QED) is 0.846. The topological polar surface area (TPSA) is 77.1 Å². The highest BCUT2D eigenvalue weighted by atomic mass is 16.2. The van der Waals surface area contributed by atoms with E-state index in [2.05, 4.69) is 5.32 Å². The van der Waals surface area contributed by atoms with Crippen LogP contribution in [0.3, 0.4) is 0 Å². The minimum absolute atomic E-state index is 0.0774. The van der Waals surface area contributed by atoms with Crippen LogP contribution in [0.1, 0.15) is 19.9 Å². The number of amides is 1. The average molecular weight is 285 g/mol. The van der Waals surface area contributed by atoms with Gasteiger partial charge in [-0.3, -0.25) is 9.59 Å². The standard InChI is InChI=1S/C16H19N3O2/c1-11(2)15(19-8-6-14(20)7-9-19)16(21)18-13-5-3-4-12(17)10-13/h3-11,15H,17H2,1-2H3,(H,18,21). The van der Waals surface area contributed by atoms with E-state index >= 15 is 0 Å². The van der Waals surface area contributed by atoms with Gasteiger partial charge in [0.15, 0.2) is 5.43 Å². The molecule has 1 amide bonds. The van der Waals surface area contributed by atoms with Crippen molar-refractivity contribution in [1.82, 2.24) is 4.57 Å². The van der Waals surface area contributed by atoms with Crippen molar-refractivity contribution < 1.29 is 4.79 Å². The first-order valence-electron chi connectivity index (χ1n) is 6.81. The first-order chi connectivity index (χ1) is 9.97. The van der Waals surface area contributed by atoms with E-state index in [0.717, 1.165) is 0 Å². The number of benzene rings is 1. The summed E-state index contributed by atoms with van der Waals surface area (Å²) in [7, 11) is 0. The van der Waals surface area contributed by atoms with Crippen molar-refractivity contribution in [3.05, 3.63) is 59.0 Å². The molecule has 110 valence electrons. The van der Waals surface area contributed by atoms with Gasteiger partial charge >= 0.3 is 0 Å². The molecule has 5 nitrogen and oxygen atoms in total. The fraction of sp³-hybridized carbons (Fsp3) is 0.250. The number of nitrogen functional groups attached to an aromatic ring is 1. The molecule has 1 atom stereocenters. The van der Waals surface area contributed by atoms with Crippen molar-refractivity contribution in [2.24, 2.45) is 5.92 Å². The molecule has 21 heavy (non-hydrogen) atoms. The van der Waals surface area contributed by atoms with Crippen molar-refractivity contribution in [3.8, 4) is 0 Å². The Morgan fingerprint density at radius 3 is 2.43 bits per heavy atom. The number of pyridine rings is 1. The number of aromatic nitrogens is 1. The van der Waals surface area contributed by atoms with Gasteiger partial charge in [-0.15, -0.1) is 0 Å². The molecule has 3 N–H and O–H groups in total. The Hall–Kier alpha value is -2.56. The number of nitrogens with two attached hydrogens (primary N) is 1. The second-order valence-electron chi connectivity index (χ2n) is 5.28. The van der Waals surface area contributed by atoms with Crippen molar-refractivity contribution in [1.29, 1.82) is 0 Å². The molecule has 0 saturated carbocycles.